The molecular formula is C14H24N2O3. The van der Waals surface area contributed by atoms with Gasteiger partial charge in [-0.1, -0.05) is 6.92 Å². The number of carboxylic acids is 1. The van der Waals surface area contributed by atoms with Crippen LogP contribution in [0.3, 0.4) is 0 Å². The van der Waals surface area contributed by atoms with Gasteiger partial charge in [-0.2, -0.15) is 0 Å². The third-order valence-electron chi connectivity index (χ3n) is 4.76. The topological polar surface area (TPSA) is 60.9 Å². The molecule has 2 aliphatic rings. The molecule has 0 aromatic rings. The van der Waals surface area contributed by atoms with E-state index in [-0.39, 0.29) is 0 Å². The molecule has 5 nitrogen and oxygen atoms in total. The van der Waals surface area contributed by atoms with Gasteiger partial charge in [0.15, 0.2) is 0 Å². The fourth-order valence-corrected chi connectivity index (χ4v) is 3.45. The fraction of sp³-hybridized carbons (Fsp3) is 0.857. The molecule has 2 heterocycles. The highest BCUT2D eigenvalue weighted by atomic mass is 16.4. The summed E-state index contributed by atoms with van der Waals surface area (Å²) in [4.78, 5) is 26.0. The molecule has 1 amide bonds. The van der Waals surface area contributed by atoms with Crippen LogP contribution in [0.25, 0.3) is 0 Å². The number of rotatable bonds is 2. The highest BCUT2D eigenvalue weighted by Gasteiger charge is 2.31. The minimum Gasteiger partial charge on any atom is -0.474 e. The van der Waals surface area contributed by atoms with Crippen molar-refractivity contribution < 1.29 is 14.7 Å². The van der Waals surface area contributed by atoms with E-state index in [0.29, 0.717) is 19.0 Å². The second-order valence-corrected chi connectivity index (χ2v) is 5.71. The van der Waals surface area contributed by atoms with Gasteiger partial charge in [0, 0.05) is 13.1 Å². The molecule has 5 heteroatoms. The van der Waals surface area contributed by atoms with Crippen LogP contribution in [0.5, 0.6) is 0 Å². The van der Waals surface area contributed by atoms with E-state index < -0.39 is 11.9 Å². The molecule has 2 aliphatic heterocycles. The van der Waals surface area contributed by atoms with Crippen molar-refractivity contribution in [2.75, 3.05) is 32.7 Å². The summed E-state index contributed by atoms with van der Waals surface area (Å²) in [6.45, 7) is 6.95. The number of likely N-dealkylation sites (tertiary alicyclic amines) is 2. The average Bonchev–Trinajstić information content (AvgIpc) is 2.46. The molecule has 0 aromatic carbocycles. The Morgan fingerprint density at radius 2 is 1.47 bits per heavy atom. The van der Waals surface area contributed by atoms with Gasteiger partial charge < -0.3 is 14.9 Å². The van der Waals surface area contributed by atoms with Crippen LogP contribution >= 0.6 is 0 Å². The summed E-state index contributed by atoms with van der Waals surface area (Å²) in [5.74, 6) is -0.615. The maximum atomic E-state index is 11.4. The minimum absolute atomic E-state index is 0.615. The van der Waals surface area contributed by atoms with E-state index in [9.17, 15) is 9.59 Å². The Morgan fingerprint density at radius 3 is 1.89 bits per heavy atom. The Balaban J connectivity index is 1.77. The van der Waals surface area contributed by atoms with Gasteiger partial charge in [0.1, 0.15) is 0 Å². The fourth-order valence-electron chi connectivity index (χ4n) is 3.45. The maximum absolute atomic E-state index is 11.4. The molecule has 0 aliphatic carbocycles. The number of nitrogens with zero attached hydrogens (tertiary/aromatic N) is 2. The van der Waals surface area contributed by atoms with E-state index in [1.54, 1.807) is 0 Å². The Labute approximate surface area is 114 Å². The lowest BCUT2D eigenvalue weighted by Gasteiger charge is -2.39. The summed E-state index contributed by atoms with van der Waals surface area (Å²) in [5.41, 5.74) is 0. The zero-order valence-corrected chi connectivity index (χ0v) is 11.7. The van der Waals surface area contributed by atoms with E-state index >= 15 is 0 Å². The van der Waals surface area contributed by atoms with Crippen molar-refractivity contribution in [3.63, 3.8) is 0 Å². The Hall–Kier alpha value is -1.10. The van der Waals surface area contributed by atoms with Gasteiger partial charge in [-0.25, -0.2) is 4.79 Å². The van der Waals surface area contributed by atoms with Gasteiger partial charge in [-0.05, 0) is 57.2 Å². The monoisotopic (exact) mass is 268 g/mol. The van der Waals surface area contributed by atoms with Gasteiger partial charge in [-0.15, -0.1) is 0 Å². The molecule has 108 valence electrons. The molecule has 19 heavy (non-hydrogen) atoms. The molecule has 0 aromatic heterocycles. The van der Waals surface area contributed by atoms with Crippen molar-refractivity contribution in [3.05, 3.63) is 0 Å². The number of aliphatic carboxylic acids is 1. The molecule has 0 saturated carbocycles. The standard InChI is InChI=1S/C14H24N2O3/c1-2-15-7-3-11(4-8-15)12-5-9-16(10-6-12)13(17)14(18)19/h11-12H,2-10H2,1H3,(H,18,19). The number of hydrogen-bond acceptors (Lipinski definition) is 3. The largest absolute Gasteiger partial charge is 0.474 e. The number of amides is 1. The van der Waals surface area contributed by atoms with Gasteiger partial charge >= 0.3 is 11.9 Å². The Kier molecular flexibility index (Phi) is 4.80. The minimum atomic E-state index is -1.32. The van der Waals surface area contributed by atoms with Crippen molar-refractivity contribution in [2.24, 2.45) is 11.8 Å². The lowest BCUT2D eigenvalue weighted by Crippen LogP contribution is -2.44. The van der Waals surface area contributed by atoms with Gasteiger partial charge in [0.2, 0.25) is 0 Å². The second-order valence-electron chi connectivity index (χ2n) is 5.71. The third kappa shape index (κ3) is 3.47. The van der Waals surface area contributed by atoms with Crippen molar-refractivity contribution in [2.45, 2.75) is 32.6 Å². The molecule has 0 unspecified atom stereocenters. The summed E-state index contributed by atoms with van der Waals surface area (Å²) >= 11 is 0. The van der Waals surface area contributed by atoms with Crippen molar-refractivity contribution in [3.8, 4) is 0 Å². The van der Waals surface area contributed by atoms with Crippen LogP contribution in [0, 0.1) is 11.8 Å². The van der Waals surface area contributed by atoms with Gasteiger partial charge in [0.05, 0.1) is 0 Å². The first-order valence-electron chi connectivity index (χ1n) is 7.36. The van der Waals surface area contributed by atoms with Crippen molar-refractivity contribution in [1.82, 2.24) is 9.80 Å². The molecule has 2 saturated heterocycles. The Bertz CT molecular complexity index is 330. The first-order chi connectivity index (χ1) is 9.11. The Morgan fingerprint density at radius 1 is 1.00 bits per heavy atom. The molecule has 2 fully saturated rings. The number of carboxylic acid groups (broad SMARTS) is 1. The molecule has 0 radical (unpaired) electrons. The lowest BCUT2D eigenvalue weighted by atomic mass is 9.79. The van der Waals surface area contributed by atoms with E-state index in [4.69, 9.17) is 5.11 Å². The molecule has 2 rings (SSSR count). The van der Waals surface area contributed by atoms with Crippen LogP contribution < -0.4 is 0 Å². The van der Waals surface area contributed by atoms with Crippen LogP contribution in [-0.2, 0) is 9.59 Å². The van der Waals surface area contributed by atoms with Crippen molar-refractivity contribution in [1.29, 1.82) is 0 Å². The SMILES string of the molecule is CCN1CCC(C2CCN(C(=O)C(=O)O)CC2)CC1. The van der Waals surface area contributed by atoms with E-state index in [0.717, 1.165) is 25.3 Å². The predicted octanol–water partition coefficient (Wildman–Crippen LogP) is 1.04. The summed E-state index contributed by atoms with van der Waals surface area (Å²) in [6.07, 6.45) is 4.45. The summed E-state index contributed by atoms with van der Waals surface area (Å²) in [7, 11) is 0. The lowest BCUT2D eigenvalue weighted by molar-refractivity contribution is -0.156. The molecule has 0 spiro atoms. The van der Waals surface area contributed by atoms with Crippen LogP contribution in [-0.4, -0.2) is 59.5 Å². The van der Waals surface area contributed by atoms with E-state index in [1.807, 2.05) is 0 Å². The highest BCUT2D eigenvalue weighted by Crippen LogP contribution is 2.32. The number of hydrogen-bond donors (Lipinski definition) is 1. The third-order valence-corrected chi connectivity index (χ3v) is 4.76. The van der Waals surface area contributed by atoms with E-state index in [2.05, 4.69) is 11.8 Å². The zero-order valence-electron chi connectivity index (χ0n) is 11.7. The first-order valence-corrected chi connectivity index (χ1v) is 7.36. The predicted molar refractivity (Wildman–Crippen MR) is 71.8 cm³/mol. The average molecular weight is 268 g/mol. The molecule has 0 bridgehead atoms. The van der Waals surface area contributed by atoms with Crippen LogP contribution in [0.15, 0.2) is 0 Å². The normalized spacial score (nSPS) is 23.5. The molecule has 1 N–H and O–H groups in total. The first kappa shape index (κ1) is 14.3. The number of carbonyl (C=O) groups is 2. The van der Waals surface area contributed by atoms with Crippen molar-refractivity contribution >= 4 is 11.9 Å². The summed E-state index contributed by atoms with van der Waals surface area (Å²) in [5, 5.41) is 8.71. The molecular weight excluding hydrogens is 244 g/mol. The summed E-state index contributed by atoms with van der Waals surface area (Å²) < 4.78 is 0. The number of carbonyl (C=O) groups excluding carboxylic acids is 1. The number of piperidine rings is 2. The van der Waals surface area contributed by atoms with E-state index in [1.165, 1.54) is 30.8 Å². The quantitative estimate of drug-likeness (QED) is 0.760. The highest BCUT2D eigenvalue weighted by molar-refractivity contribution is 6.31. The smallest absolute Gasteiger partial charge is 0.394 e. The van der Waals surface area contributed by atoms with Gasteiger partial charge in [0.25, 0.3) is 0 Å². The van der Waals surface area contributed by atoms with Crippen LogP contribution in [0.2, 0.25) is 0 Å². The van der Waals surface area contributed by atoms with Gasteiger partial charge in [-0.3, -0.25) is 4.79 Å². The maximum Gasteiger partial charge on any atom is 0.394 e. The summed E-state index contributed by atoms with van der Waals surface area (Å²) in [6, 6.07) is 0. The van der Waals surface area contributed by atoms with Crippen LogP contribution in [0.1, 0.15) is 32.6 Å². The van der Waals surface area contributed by atoms with Crippen LogP contribution in [0.4, 0.5) is 0 Å². The second kappa shape index (κ2) is 6.37. The zero-order chi connectivity index (χ0) is 13.8. The molecule has 0 atom stereocenters.